The molecule has 0 heterocycles. The number of nitrogens with one attached hydrogen (secondary N) is 1. The van der Waals surface area contributed by atoms with E-state index in [1.807, 2.05) is 54.6 Å². The third kappa shape index (κ3) is 8.48. The second-order valence-corrected chi connectivity index (χ2v) is 10.8. The van der Waals surface area contributed by atoms with Crippen LogP contribution >= 0.6 is 46.4 Å². The standard InChI is InChI=1S/C31H26Cl4N2O2/c32-25-11-6-22(7-12-25)17-30(38)37(20-23-8-13-26(33)14-9-23)29(16-21-4-2-1-3-5-21)31(39)36-19-24-10-15-27(34)18-28(24)35/h1-15,18,29H,16-17,19-20H2,(H,36,39)/t29-/m1/s1. The van der Waals surface area contributed by atoms with Crippen molar-refractivity contribution >= 4 is 58.2 Å². The molecule has 0 aliphatic heterocycles. The van der Waals surface area contributed by atoms with E-state index in [0.717, 1.165) is 22.3 Å². The number of nitrogens with zero attached hydrogens (tertiary/aromatic N) is 1. The normalized spacial score (nSPS) is 11.6. The second kappa shape index (κ2) is 13.9. The Balaban J connectivity index is 1.65. The molecule has 0 saturated heterocycles. The molecule has 39 heavy (non-hydrogen) atoms. The first kappa shape index (κ1) is 29.0. The fourth-order valence-corrected chi connectivity index (χ4v) is 4.91. The molecule has 0 bridgehead atoms. The fraction of sp³-hybridized carbons (Fsp3) is 0.161. The van der Waals surface area contributed by atoms with Gasteiger partial charge in [0.2, 0.25) is 11.8 Å². The van der Waals surface area contributed by atoms with Gasteiger partial charge >= 0.3 is 0 Å². The Kier molecular flexibility index (Phi) is 10.3. The van der Waals surface area contributed by atoms with Crippen LogP contribution in [-0.2, 0) is 35.5 Å². The Hall–Kier alpha value is -3.02. The van der Waals surface area contributed by atoms with Crippen LogP contribution in [0.3, 0.4) is 0 Å². The quantitative estimate of drug-likeness (QED) is 0.202. The molecule has 0 radical (unpaired) electrons. The highest BCUT2D eigenvalue weighted by Crippen LogP contribution is 2.22. The van der Waals surface area contributed by atoms with E-state index in [4.69, 9.17) is 46.4 Å². The first-order chi connectivity index (χ1) is 18.8. The van der Waals surface area contributed by atoms with Gasteiger partial charge in [0.25, 0.3) is 0 Å². The number of carbonyl (C=O) groups is 2. The maximum absolute atomic E-state index is 13.8. The summed E-state index contributed by atoms with van der Waals surface area (Å²) in [6.45, 7) is 0.427. The lowest BCUT2D eigenvalue weighted by molar-refractivity contribution is -0.140. The van der Waals surface area contributed by atoms with Gasteiger partial charge in [0.1, 0.15) is 6.04 Å². The topological polar surface area (TPSA) is 49.4 Å². The highest BCUT2D eigenvalue weighted by atomic mass is 35.5. The summed E-state index contributed by atoms with van der Waals surface area (Å²) in [5.41, 5.74) is 3.32. The molecule has 0 aromatic heterocycles. The Morgan fingerprint density at radius 2 is 1.28 bits per heavy atom. The molecule has 0 aliphatic rings. The van der Waals surface area contributed by atoms with E-state index >= 15 is 0 Å². The molecule has 1 N–H and O–H groups in total. The van der Waals surface area contributed by atoms with E-state index in [9.17, 15) is 9.59 Å². The van der Waals surface area contributed by atoms with Crippen molar-refractivity contribution in [3.05, 3.63) is 139 Å². The molecule has 200 valence electrons. The highest BCUT2D eigenvalue weighted by molar-refractivity contribution is 6.35. The number of hydrogen-bond donors (Lipinski definition) is 1. The Bertz CT molecular complexity index is 1410. The predicted octanol–water partition coefficient (Wildman–Crippen LogP) is 7.80. The van der Waals surface area contributed by atoms with E-state index in [-0.39, 0.29) is 31.3 Å². The van der Waals surface area contributed by atoms with Crippen molar-refractivity contribution in [1.29, 1.82) is 0 Å². The van der Waals surface area contributed by atoms with Crippen LogP contribution in [0.5, 0.6) is 0 Å². The first-order valence-electron chi connectivity index (χ1n) is 12.3. The summed E-state index contributed by atoms with van der Waals surface area (Å²) >= 11 is 24.5. The Morgan fingerprint density at radius 3 is 1.90 bits per heavy atom. The summed E-state index contributed by atoms with van der Waals surface area (Å²) in [5, 5.41) is 5.14. The molecule has 0 fully saturated rings. The van der Waals surface area contributed by atoms with Crippen LogP contribution in [-0.4, -0.2) is 22.8 Å². The van der Waals surface area contributed by atoms with Crippen molar-refractivity contribution in [3.8, 4) is 0 Å². The van der Waals surface area contributed by atoms with Crippen molar-refractivity contribution < 1.29 is 9.59 Å². The van der Waals surface area contributed by atoms with Gasteiger partial charge in [-0.05, 0) is 58.7 Å². The molecular weight excluding hydrogens is 574 g/mol. The van der Waals surface area contributed by atoms with E-state index in [0.29, 0.717) is 26.5 Å². The molecule has 0 aliphatic carbocycles. The number of hydrogen-bond acceptors (Lipinski definition) is 2. The van der Waals surface area contributed by atoms with Crippen LogP contribution in [0.2, 0.25) is 20.1 Å². The van der Waals surface area contributed by atoms with Gasteiger partial charge in [0.15, 0.2) is 0 Å². The summed E-state index contributed by atoms with van der Waals surface area (Å²) in [4.78, 5) is 29.2. The number of carbonyl (C=O) groups excluding carboxylic acids is 2. The zero-order valence-electron chi connectivity index (χ0n) is 20.9. The van der Waals surface area contributed by atoms with E-state index in [1.165, 1.54) is 0 Å². The van der Waals surface area contributed by atoms with Gasteiger partial charge in [-0.15, -0.1) is 0 Å². The molecule has 4 aromatic rings. The summed E-state index contributed by atoms with van der Waals surface area (Å²) in [6, 6.07) is 28.4. The van der Waals surface area contributed by atoms with Crippen molar-refractivity contribution in [1.82, 2.24) is 10.2 Å². The second-order valence-electron chi connectivity index (χ2n) is 9.11. The van der Waals surface area contributed by atoms with E-state index in [1.54, 1.807) is 47.4 Å². The number of amides is 2. The van der Waals surface area contributed by atoms with Crippen LogP contribution in [0, 0.1) is 0 Å². The van der Waals surface area contributed by atoms with Gasteiger partial charge in [-0.25, -0.2) is 0 Å². The minimum absolute atomic E-state index is 0.117. The molecule has 0 spiro atoms. The summed E-state index contributed by atoms with van der Waals surface area (Å²) in [7, 11) is 0. The lowest BCUT2D eigenvalue weighted by atomic mass is 10.0. The van der Waals surface area contributed by atoms with Gasteiger partial charge < -0.3 is 10.2 Å². The van der Waals surface area contributed by atoms with Gasteiger partial charge in [0.05, 0.1) is 6.42 Å². The summed E-state index contributed by atoms with van der Waals surface area (Å²) in [6.07, 6.45) is 0.452. The fourth-order valence-electron chi connectivity index (χ4n) is 4.18. The predicted molar refractivity (Wildman–Crippen MR) is 159 cm³/mol. The zero-order valence-corrected chi connectivity index (χ0v) is 23.9. The minimum atomic E-state index is -0.783. The van der Waals surface area contributed by atoms with Crippen molar-refractivity contribution in [3.63, 3.8) is 0 Å². The van der Waals surface area contributed by atoms with Crippen LogP contribution in [0.1, 0.15) is 22.3 Å². The molecular formula is C31H26Cl4N2O2. The molecule has 4 rings (SSSR count). The largest absolute Gasteiger partial charge is 0.350 e. The van der Waals surface area contributed by atoms with Crippen molar-refractivity contribution in [2.75, 3.05) is 0 Å². The number of halogens is 4. The third-order valence-electron chi connectivity index (χ3n) is 6.27. The van der Waals surface area contributed by atoms with Crippen LogP contribution in [0.4, 0.5) is 0 Å². The number of benzene rings is 4. The molecule has 2 amide bonds. The van der Waals surface area contributed by atoms with Gasteiger partial charge in [-0.3, -0.25) is 9.59 Å². The molecule has 8 heteroatoms. The van der Waals surface area contributed by atoms with Crippen molar-refractivity contribution in [2.24, 2.45) is 0 Å². The molecule has 0 saturated carbocycles. The smallest absolute Gasteiger partial charge is 0.243 e. The lowest BCUT2D eigenvalue weighted by Gasteiger charge is -2.32. The molecule has 4 nitrogen and oxygen atoms in total. The van der Waals surface area contributed by atoms with Crippen LogP contribution < -0.4 is 5.32 Å². The highest BCUT2D eigenvalue weighted by Gasteiger charge is 2.30. The minimum Gasteiger partial charge on any atom is -0.350 e. The molecule has 0 unspecified atom stereocenters. The maximum atomic E-state index is 13.8. The Labute approximate surface area is 248 Å². The third-order valence-corrected chi connectivity index (χ3v) is 7.36. The SMILES string of the molecule is O=C(NCc1ccc(Cl)cc1Cl)[C@@H](Cc1ccccc1)N(Cc1ccc(Cl)cc1)C(=O)Cc1ccc(Cl)cc1. The zero-order chi connectivity index (χ0) is 27.8. The average Bonchev–Trinajstić information content (AvgIpc) is 2.93. The first-order valence-corrected chi connectivity index (χ1v) is 13.8. The van der Waals surface area contributed by atoms with Crippen molar-refractivity contribution in [2.45, 2.75) is 32.0 Å². The lowest BCUT2D eigenvalue weighted by Crippen LogP contribution is -2.50. The molecule has 1 atom stereocenters. The van der Waals surface area contributed by atoms with Gasteiger partial charge in [0, 0.05) is 39.6 Å². The van der Waals surface area contributed by atoms with Gasteiger partial charge in [-0.1, -0.05) is 107 Å². The monoisotopic (exact) mass is 598 g/mol. The summed E-state index contributed by atoms with van der Waals surface area (Å²) in [5.74, 6) is -0.476. The van der Waals surface area contributed by atoms with E-state index < -0.39 is 6.04 Å². The number of rotatable bonds is 10. The average molecular weight is 600 g/mol. The molecule has 4 aromatic carbocycles. The van der Waals surface area contributed by atoms with Crippen LogP contribution in [0.15, 0.2) is 97.1 Å². The van der Waals surface area contributed by atoms with Crippen LogP contribution in [0.25, 0.3) is 0 Å². The Morgan fingerprint density at radius 1 is 0.692 bits per heavy atom. The maximum Gasteiger partial charge on any atom is 0.243 e. The van der Waals surface area contributed by atoms with E-state index in [2.05, 4.69) is 5.32 Å². The summed E-state index contributed by atoms with van der Waals surface area (Å²) < 4.78 is 0. The van der Waals surface area contributed by atoms with Gasteiger partial charge in [-0.2, -0.15) is 0 Å².